The Hall–Kier alpha value is -2.38. The highest BCUT2D eigenvalue weighted by Crippen LogP contribution is 2.22. The fourth-order valence-electron chi connectivity index (χ4n) is 3.63. The lowest BCUT2D eigenvalue weighted by molar-refractivity contribution is 0.0635. The molecule has 1 aliphatic heterocycles. The van der Waals surface area contributed by atoms with Gasteiger partial charge in [0.1, 0.15) is 0 Å². The van der Waals surface area contributed by atoms with Crippen molar-refractivity contribution in [3.05, 3.63) is 59.2 Å². The van der Waals surface area contributed by atoms with Gasteiger partial charge < -0.3 is 9.80 Å². The molecule has 6 nitrogen and oxygen atoms in total. The number of aryl methyl sites for hydroxylation is 2. The molecule has 29 heavy (non-hydrogen) atoms. The van der Waals surface area contributed by atoms with Crippen LogP contribution in [0.4, 0.5) is 5.69 Å². The van der Waals surface area contributed by atoms with E-state index in [1.165, 1.54) is 0 Å². The number of hydrogen-bond donors (Lipinski definition) is 1. The molecule has 1 saturated heterocycles. The summed E-state index contributed by atoms with van der Waals surface area (Å²) in [6.07, 6.45) is 2.08. The Morgan fingerprint density at radius 1 is 1.10 bits per heavy atom. The summed E-state index contributed by atoms with van der Waals surface area (Å²) in [4.78, 5) is 17.1. The number of sulfonamides is 1. The molecule has 0 bridgehead atoms. The summed E-state index contributed by atoms with van der Waals surface area (Å²) in [6.45, 7) is 5.10. The molecule has 1 N–H and O–H groups in total. The second kappa shape index (κ2) is 8.55. The Bertz CT molecular complexity index is 985. The first-order valence-electron chi connectivity index (χ1n) is 9.83. The van der Waals surface area contributed by atoms with Gasteiger partial charge in [0.2, 0.25) is 0 Å². The minimum Gasteiger partial charge on any atom is -0.337 e. The third-order valence-electron chi connectivity index (χ3n) is 5.43. The maximum absolute atomic E-state index is 12.8. The molecule has 1 amide bonds. The van der Waals surface area contributed by atoms with Crippen LogP contribution >= 0.6 is 0 Å². The van der Waals surface area contributed by atoms with Gasteiger partial charge in [0.15, 0.2) is 0 Å². The van der Waals surface area contributed by atoms with Gasteiger partial charge in [-0.15, -0.1) is 0 Å². The Morgan fingerprint density at radius 3 is 2.45 bits per heavy atom. The maximum Gasteiger partial charge on any atom is 0.262 e. The quantitative estimate of drug-likeness (QED) is 0.814. The van der Waals surface area contributed by atoms with Gasteiger partial charge in [-0.3, -0.25) is 9.52 Å². The number of amides is 1. The van der Waals surface area contributed by atoms with Crippen molar-refractivity contribution >= 4 is 21.6 Å². The number of nitrogens with zero attached hydrogens (tertiary/aromatic N) is 2. The molecular formula is C22H29N3O3S. The van der Waals surface area contributed by atoms with E-state index in [0.717, 1.165) is 24.9 Å². The van der Waals surface area contributed by atoms with Crippen molar-refractivity contribution < 1.29 is 13.2 Å². The molecule has 3 rings (SSSR count). The van der Waals surface area contributed by atoms with Gasteiger partial charge in [-0.25, -0.2) is 8.42 Å². The summed E-state index contributed by atoms with van der Waals surface area (Å²) in [7, 11) is 0.387. The molecule has 156 valence electrons. The van der Waals surface area contributed by atoms with Crippen LogP contribution in [0.3, 0.4) is 0 Å². The number of likely N-dealkylation sites (N-methyl/N-ethyl adjacent to an activating group) is 1. The second-order valence-corrected chi connectivity index (χ2v) is 9.61. The zero-order valence-corrected chi connectivity index (χ0v) is 18.3. The largest absolute Gasteiger partial charge is 0.337 e. The van der Waals surface area contributed by atoms with Gasteiger partial charge in [-0.2, -0.15) is 0 Å². The molecule has 1 aliphatic rings. The van der Waals surface area contributed by atoms with Crippen molar-refractivity contribution in [2.75, 3.05) is 31.9 Å². The highest BCUT2D eigenvalue weighted by molar-refractivity contribution is 7.92. The SMILES string of the molecule is Cc1ccc(C)c(S(=O)(=O)Nc2ccc(C(=O)N3CCCC(N(C)C)C3)cc2)c1. The highest BCUT2D eigenvalue weighted by atomic mass is 32.2. The van der Waals surface area contributed by atoms with Crippen molar-refractivity contribution in [2.24, 2.45) is 0 Å². The van der Waals surface area contributed by atoms with Crippen LogP contribution in [0.15, 0.2) is 47.4 Å². The van der Waals surface area contributed by atoms with Crippen LogP contribution < -0.4 is 4.72 Å². The number of nitrogens with one attached hydrogen (secondary N) is 1. The molecule has 0 aliphatic carbocycles. The Morgan fingerprint density at radius 2 is 1.79 bits per heavy atom. The Balaban J connectivity index is 1.73. The first-order chi connectivity index (χ1) is 13.7. The van der Waals surface area contributed by atoms with Crippen LogP contribution in [-0.2, 0) is 10.0 Å². The molecule has 0 aromatic heterocycles. The lowest BCUT2D eigenvalue weighted by atomic mass is 10.0. The summed E-state index contributed by atoms with van der Waals surface area (Å²) >= 11 is 0. The van der Waals surface area contributed by atoms with E-state index < -0.39 is 10.0 Å². The van der Waals surface area contributed by atoms with E-state index in [9.17, 15) is 13.2 Å². The number of anilines is 1. The molecule has 7 heteroatoms. The summed E-state index contributed by atoms with van der Waals surface area (Å²) in [5, 5.41) is 0. The van der Waals surface area contributed by atoms with E-state index >= 15 is 0 Å². The van der Waals surface area contributed by atoms with Crippen LogP contribution in [0.1, 0.15) is 34.3 Å². The monoisotopic (exact) mass is 415 g/mol. The predicted octanol–water partition coefficient (Wildman–Crippen LogP) is 3.27. The Labute approximate surface area is 173 Å². The van der Waals surface area contributed by atoms with Gasteiger partial charge in [-0.1, -0.05) is 12.1 Å². The smallest absolute Gasteiger partial charge is 0.262 e. The number of carbonyl (C=O) groups is 1. The summed E-state index contributed by atoms with van der Waals surface area (Å²) in [6, 6.07) is 12.4. The molecule has 1 atom stereocenters. The van der Waals surface area contributed by atoms with Crippen LogP contribution in [0.2, 0.25) is 0 Å². The summed E-state index contributed by atoms with van der Waals surface area (Å²) < 4.78 is 28.1. The summed E-state index contributed by atoms with van der Waals surface area (Å²) in [5.41, 5.74) is 2.58. The molecule has 2 aromatic rings. The molecule has 1 heterocycles. The lowest BCUT2D eigenvalue weighted by Gasteiger charge is -2.36. The number of rotatable bonds is 5. The minimum atomic E-state index is -3.69. The minimum absolute atomic E-state index is 0.0134. The zero-order valence-electron chi connectivity index (χ0n) is 17.5. The second-order valence-electron chi connectivity index (χ2n) is 7.96. The van der Waals surface area contributed by atoms with Gasteiger partial charge >= 0.3 is 0 Å². The van der Waals surface area contributed by atoms with Crippen LogP contribution in [0.25, 0.3) is 0 Å². The lowest BCUT2D eigenvalue weighted by Crippen LogP contribution is -2.47. The number of piperidine rings is 1. The predicted molar refractivity (Wildman–Crippen MR) is 116 cm³/mol. The first kappa shape index (κ1) is 21.3. The normalized spacial score (nSPS) is 17.4. The van der Waals surface area contributed by atoms with Gasteiger partial charge in [0.25, 0.3) is 15.9 Å². The van der Waals surface area contributed by atoms with Crippen molar-refractivity contribution in [2.45, 2.75) is 37.6 Å². The molecule has 1 unspecified atom stereocenters. The van der Waals surface area contributed by atoms with E-state index in [1.807, 2.05) is 32.0 Å². The van der Waals surface area contributed by atoms with Crippen molar-refractivity contribution in [1.29, 1.82) is 0 Å². The van der Waals surface area contributed by atoms with Crippen LogP contribution in [0, 0.1) is 13.8 Å². The van der Waals surface area contributed by atoms with E-state index in [4.69, 9.17) is 0 Å². The van der Waals surface area contributed by atoms with E-state index in [0.29, 0.717) is 29.4 Å². The van der Waals surface area contributed by atoms with Crippen molar-refractivity contribution in [1.82, 2.24) is 9.80 Å². The molecule has 0 spiro atoms. The standard InChI is InChI=1S/C22H29N3O3S/c1-16-7-8-17(2)21(14-16)29(27,28)23-19-11-9-18(10-12-19)22(26)25-13-5-6-20(15-25)24(3)4/h7-12,14,20,23H,5-6,13,15H2,1-4H3. The van der Waals surface area contributed by atoms with Gasteiger partial charge in [0, 0.05) is 30.4 Å². The molecule has 1 fully saturated rings. The van der Waals surface area contributed by atoms with Crippen LogP contribution in [0.5, 0.6) is 0 Å². The topological polar surface area (TPSA) is 69.7 Å². The molecule has 0 radical (unpaired) electrons. The number of carbonyl (C=O) groups excluding carboxylic acids is 1. The van der Waals surface area contributed by atoms with Crippen molar-refractivity contribution in [3.63, 3.8) is 0 Å². The number of hydrogen-bond acceptors (Lipinski definition) is 4. The first-order valence-corrected chi connectivity index (χ1v) is 11.3. The average Bonchev–Trinajstić information content (AvgIpc) is 2.69. The highest BCUT2D eigenvalue weighted by Gasteiger charge is 2.25. The van der Waals surface area contributed by atoms with Crippen LogP contribution in [-0.4, -0.2) is 57.4 Å². The van der Waals surface area contributed by atoms with Crippen molar-refractivity contribution in [3.8, 4) is 0 Å². The Kier molecular flexibility index (Phi) is 6.29. The third-order valence-corrected chi connectivity index (χ3v) is 6.95. The third kappa shape index (κ3) is 4.97. The van der Waals surface area contributed by atoms with Gasteiger partial charge in [0.05, 0.1) is 4.90 Å². The van der Waals surface area contributed by atoms with Gasteiger partial charge in [-0.05, 0) is 82.2 Å². The fraction of sp³-hybridized carbons (Fsp3) is 0.409. The van der Waals surface area contributed by atoms with E-state index in [2.05, 4.69) is 9.62 Å². The number of benzene rings is 2. The molecular weight excluding hydrogens is 386 g/mol. The molecule has 2 aromatic carbocycles. The number of likely N-dealkylation sites (tertiary alicyclic amines) is 1. The van der Waals surface area contributed by atoms with E-state index in [-0.39, 0.29) is 10.8 Å². The fourth-order valence-corrected chi connectivity index (χ4v) is 5.02. The molecule has 0 saturated carbocycles. The summed E-state index contributed by atoms with van der Waals surface area (Å²) in [5.74, 6) is -0.0134. The zero-order chi connectivity index (χ0) is 21.2. The maximum atomic E-state index is 12.8. The average molecular weight is 416 g/mol. The van der Waals surface area contributed by atoms with E-state index in [1.54, 1.807) is 43.3 Å².